The van der Waals surface area contributed by atoms with Crippen molar-refractivity contribution in [3.63, 3.8) is 0 Å². The highest BCUT2D eigenvalue weighted by molar-refractivity contribution is 5.69. The van der Waals surface area contributed by atoms with Crippen molar-refractivity contribution >= 4 is 5.97 Å². The standard InChI is InChI=1S/C11H22O2/c1-6-7-10(12)13-11(8(2)3)9(4)5/h8-9,11H,6-7H2,1-5H3. The van der Waals surface area contributed by atoms with Crippen molar-refractivity contribution in [1.82, 2.24) is 0 Å². The van der Waals surface area contributed by atoms with E-state index in [2.05, 4.69) is 27.7 Å². The van der Waals surface area contributed by atoms with Gasteiger partial charge in [-0.25, -0.2) is 0 Å². The molecule has 0 rings (SSSR count). The zero-order valence-electron chi connectivity index (χ0n) is 9.46. The van der Waals surface area contributed by atoms with Crippen molar-refractivity contribution in [3.8, 4) is 0 Å². The van der Waals surface area contributed by atoms with Crippen molar-refractivity contribution in [2.24, 2.45) is 11.8 Å². The van der Waals surface area contributed by atoms with Crippen LogP contribution in [0.5, 0.6) is 0 Å². The number of esters is 1. The molecule has 0 aromatic rings. The van der Waals surface area contributed by atoms with Crippen LogP contribution in [0.25, 0.3) is 0 Å². The number of carbonyl (C=O) groups is 1. The molecule has 0 heterocycles. The van der Waals surface area contributed by atoms with E-state index < -0.39 is 0 Å². The average Bonchev–Trinajstić information content (AvgIpc) is 1.99. The Bertz CT molecular complexity index is 142. The van der Waals surface area contributed by atoms with Gasteiger partial charge in [0.05, 0.1) is 0 Å². The van der Waals surface area contributed by atoms with E-state index in [1.165, 1.54) is 0 Å². The van der Waals surface area contributed by atoms with E-state index in [-0.39, 0.29) is 12.1 Å². The van der Waals surface area contributed by atoms with E-state index in [4.69, 9.17) is 4.74 Å². The summed E-state index contributed by atoms with van der Waals surface area (Å²) in [5, 5.41) is 0. The minimum absolute atomic E-state index is 0.0603. The van der Waals surface area contributed by atoms with Gasteiger partial charge in [0, 0.05) is 6.42 Å². The summed E-state index contributed by atoms with van der Waals surface area (Å²) in [5.41, 5.74) is 0. The highest BCUT2D eigenvalue weighted by Crippen LogP contribution is 2.16. The number of hydrogen-bond donors (Lipinski definition) is 0. The molecule has 0 N–H and O–H groups in total. The van der Waals surface area contributed by atoms with Crippen LogP contribution in [-0.2, 0) is 9.53 Å². The van der Waals surface area contributed by atoms with Crippen LogP contribution in [0, 0.1) is 11.8 Å². The Morgan fingerprint density at radius 2 is 1.62 bits per heavy atom. The third kappa shape index (κ3) is 4.91. The number of hydrogen-bond acceptors (Lipinski definition) is 2. The molecule has 2 nitrogen and oxygen atoms in total. The molecule has 0 unspecified atom stereocenters. The first-order chi connectivity index (χ1) is 5.99. The first-order valence-electron chi connectivity index (χ1n) is 5.18. The van der Waals surface area contributed by atoms with E-state index in [0.717, 1.165) is 6.42 Å². The van der Waals surface area contributed by atoms with Crippen LogP contribution < -0.4 is 0 Å². The third-order valence-electron chi connectivity index (χ3n) is 2.04. The minimum atomic E-state index is -0.0603. The summed E-state index contributed by atoms with van der Waals surface area (Å²) < 4.78 is 5.37. The molecule has 0 aliphatic heterocycles. The molecule has 2 heteroatoms. The van der Waals surface area contributed by atoms with Gasteiger partial charge in [-0.3, -0.25) is 4.79 Å². The van der Waals surface area contributed by atoms with Gasteiger partial charge in [-0.15, -0.1) is 0 Å². The molecule has 0 bridgehead atoms. The van der Waals surface area contributed by atoms with Crippen LogP contribution in [0.3, 0.4) is 0 Å². The van der Waals surface area contributed by atoms with Crippen molar-refractivity contribution in [1.29, 1.82) is 0 Å². The summed E-state index contributed by atoms with van der Waals surface area (Å²) in [6, 6.07) is 0. The molecule has 13 heavy (non-hydrogen) atoms. The number of ether oxygens (including phenoxy) is 1. The molecule has 0 saturated heterocycles. The quantitative estimate of drug-likeness (QED) is 0.617. The first-order valence-corrected chi connectivity index (χ1v) is 5.18. The molecule has 0 radical (unpaired) electrons. The van der Waals surface area contributed by atoms with Gasteiger partial charge in [-0.05, 0) is 18.3 Å². The zero-order valence-corrected chi connectivity index (χ0v) is 9.46. The average molecular weight is 186 g/mol. The van der Waals surface area contributed by atoms with E-state index in [0.29, 0.717) is 18.3 Å². The smallest absolute Gasteiger partial charge is 0.306 e. The molecule has 78 valence electrons. The maximum Gasteiger partial charge on any atom is 0.306 e. The molecule has 0 aromatic heterocycles. The summed E-state index contributed by atoms with van der Waals surface area (Å²) in [7, 11) is 0. The summed E-state index contributed by atoms with van der Waals surface area (Å²) in [4.78, 5) is 11.2. The Labute approximate surface area is 81.7 Å². The number of carbonyl (C=O) groups excluding carboxylic acids is 1. The third-order valence-corrected chi connectivity index (χ3v) is 2.04. The van der Waals surface area contributed by atoms with Crippen LogP contribution in [0.15, 0.2) is 0 Å². The molecule has 0 saturated carbocycles. The van der Waals surface area contributed by atoms with Crippen molar-refractivity contribution < 1.29 is 9.53 Å². The lowest BCUT2D eigenvalue weighted by Crippen LogP contribution is -2.28. The van der Waals surface area contributed by atoms with Crippen LogP contribution in [0.2, 0.25) is 0 Å². The second-order valence-electron chi connectivity index (χ2n) is 4.19. The predicted octanol–water partition coefficient (Wildman–Crippen LogP) is 3.01. The Morgan fingerprint density at radius 1 is 1.15 bits per heavy atom. The molecule has 0 aromatic carbocycles. The molecule has 0 fully saturated rings. The molecular weight excluding hydrogens is 164 g/mol. The van der Waals surface area contributed by atoms with Gasteiger partial charge in [0.15, 0.2) is 0 Å². The Morgan fingerprint density at radius 3 is 1.92 bits per heavy atom. The van der Waals surface area contributed by atoms with Crippen molar-refractivity contribution in [2.75, 3.05) is 0 Å². The van der Waals surface area contributed by atoms with E-state index >= 15 is 0 Å². The van der Waals surface area contributed by atoms with E-state index in [9.17, 15) is 4.79 Å². The van der Waals surface area contributed by atoms with E-state index in [1.54, 1.807) is 0 Å². The lowest BCUT2D eigenvalue weighted by Gasteiger charge is -2.24. The summed E-state index contributed by atoms with van der Waals surface area (Å²) in [6.45, 7) is 10.3. The van der Waals surface area contributed by atoms with Crippen LogP contribution >= 0.6 is 0 Å². The van der Waals surface area contributed by atoms with Crippen LogP contribution in [0.4, 0.5) is 0 Å². The van der Waals surface area contributed by atoms with Crippen molar-refractivity contribution in [3.05, 3.63) is 0 Å². The molecule has 0 spiro atoms. The summed E-state index contributed by atoms with van der Waals surface area (Å²) in [6.07, 6.45) is 1.47. The second-order valence-corrected chi connectivity index (χ2v) is 4.19. The van der Waals surface area contributed by atoms with Crippen LogP contribution in [0.1, 0.15) is 47.5 Å². The van der Waals surface area contributed by atoms with Gasteiger partial charge >= 0.3 is 5.97 Å². The molecule has 0 aliphatic carbocycles. The fourth-order valence-electron chi connectivity index (χ4n) is 1.46. The predicted molar refractivity (Wildman–Crippen MR) is 54.5 cm³/mol. The second kappa shape index (κ2) is 6.01. The van der Waals surface area contributed by atoms with E-state index in [1.807, 2.05) is 6.92 Å². The highest BCUT2D eigenvalue weighted by Gasteiger charge is 2.21. The van der Waals surface area contributed by atoms with Gasteiger partial charge in [0.2, 0.25) is 0 Å². The summed E-state index contributed by atoms with van der Waals surface area (Å²) >= 11 is 0. The highest BCUT2D eigenvalue weighted by atomic mass is 16.5. The molecular formula is C11H22O2. The Hall–Kier alpha value is -0.530. The lowest BCUT2D eigenvalue weighted by atomic mass is 9.96. The van der Waals surface area contributed by atoms with Crippen LogP contribution in [-0.4, -0.2) is 12.1 Å². The SMILES string of the molecule is CCCC(=O)OC(C(C)C)C(C)C. The first kappa shape index (κ1) is 12.5. The zero-order chi connectivity index (χ0) is 10.4. The largest absolute Gasteiger partial charge is 0.462 e. The topological polar surface area (TPSA) is 26.3 Å². The van der Waals surface area contributed by atoms with Crippen molar-refractivity contribution in [2.45, 2.75) is 53.6 Å². The molecule has 0 amide bonds. The normalized spacial score (nSPS) is 11.4. The fraction of sp³-hybridized carbons (Fsp3) is 0.909. The maximum absolute atomic E-state index is 11.2. The van der Waals surface area contributed by atoms with Gasteiger partial charge < -0.3 is 4.74 Å². The fourth-order valence-corrected chi connectivity index (χ4v) is 1.46. The monoisotopic (exact) mass is 186 g/mol. The summed E-state index contributed by atoms with van der Waals surface area (Å²) in [5.74, 6) is 0.747. The van der Waals surface area contributed by atoms with Gasteiger partial charge in [-0.2, -0.15) is 0 Å². The van der Waals surface area contributed by atoms with Gasteiger partial charge in [-0.1, -0.05) is 34.6 Å². The van der Waals surface area contributed by atoms with Gasteiger partial charge in [0.1, 0.15) is 6.10 Å². The van der Waals surface area contributed by atoms with Gasteiger partial charge in [0.25, 0.3) is 0 Å². The maximum atomic E-state index is 11.2. The minimum Gasteiger partial charge on any atom is -0.462 e. The lowest BCUT2D eigenvalue weighted by molar-refractivity contribution is -0.154. The Balaban J connectivity index is 4.02. The number of rotatable bonds is 5. The molecule has 0 aliphatic rings. The Kier molecular flexibility index (Phi) is 5.76. The molecule has 0 atom stereocenters.